The fraction of sp³-hybridized carbons (Fsp3) is 0.312. The molecule has 4 aromatic heterocycles. The zero-order chi connectivity index (χ0) is 27.8. The molecule has 5 aromatic rings. The minimum absolute atomic E-state index is 0.0895. The maximum Gasteiger partial charge on any atom is 0.154 e. The predicted octanol–water partition coefficient (Wildman–Crippen LogP) is 5.26. The molecule has 7 rings (SSSR count). The first-order valence-corrected chi connectivity index (χ1v) is 14.4. The number of hydrogen-bond acceptors (Lipinski definition) is 7. The first-order valence-electron chi connectivity index (χ1n) is 14.4. The summed E-state index contributed by atoms with van der Waals surface area (Å²) in [6.07, 6.45) is 7.74. The standard InChI is InChI=1S/C32H33FN8/c33-24-5-1-4-23(18-24)29-8-3-15-40(29)32-10-9-31-36-20-30(41(31)38-32)28-7-2-6-27(37-28)22-11-14-35-26(19-22)21-39-16-12-25(34)13-17-39/h1-2,4-7,9-11,14,18-20,25,29H,3,8,12-13,15-17,21,34H2. The highest BCUT2D eigenvalue weighted by atomic mass is 19.1. The van der Waals surface area contributed by atoms with Gasteiger partial charge in [0.1, 0.15) is 17.3 Å². The Balaban J connectivity index is 1.17. The normalized spacial score (nSPS) is 18.4. The SMILES string of the molecule is NC1CCN(Cc2cc(-c3cccc(-c4cnc5ccc(N6CCCC6c6cccc(F)c6)nn45)n3)ccn2)CC1. The van der Waals surface area contributed by atoms with Crippen LogP contribution in [-0.4, -0.2) is 55.1 Å². The smallest absolute Gasteiger partial charge is 0.154 e. The molecule has 41 heavy (non-hydrogen) atoms. The van der Waals surface area contributed by atoms with E-state index < -0.39 is 0 Å². The zero-order valence-electron chi connectivity index (χ0n) is 22.9. The van der Waals surface area contributed by atoms with Gasteiger partial charge in [0, 0.05) is 44.0 Å². The van der Waals surface area contributed by atoms with Crippen molar-refractivity contribution in [2.75, 3.05) is 24.5 Å². The topological polar surface area (TPSA) is 88.5 Å². The van der Waals surface area contributed by atoms with Crippen LogP contribution >= 0.6 is 0 Å². The minimum Gasteiger partial charge on any atom is -0.348 e. The van der Waals surface area contributed by atoms with Crippen LogP contribution in [-0.2, 0) is 6.54 Å². The van der Waals surface area contributed by atoms with Crippen molar-refractivity contribution in [3.05, 3.63) is 96.2 Å². The number of rotatable bonds is 6. The predicted molar refractivity (Wildman–Crippen MR) is 158 cm³/mol. The summed E-state index contributed by atoms with van der Waals surface area (Å²) in [5.74, 6) is 0.635. The number of anilines is 1. The van der Waals surface area contributed by atoms with Crippen LogP contribution in [0.2, 0.25) is 0 Å². The average Bonchev–Trinajstić information content (AvgIpc) is 3.66. The second kappa shape index (κ2) is 11.0. The van der Waals surface area contributed by atoms with Gasteiger partial charge in [-0.05, 0) is 79.8 Å². The van der Waals surface area contributed by atoms with Crippen molar-refractivity contribution in [3.63, 3.8) is 0 Å². The summed E-state index contributed by atoms with van der Waals surface area (Å²) < 4.78 is 15.9. The second-order valence-electron chi connectivity index (χ2n) is 11.1. The number of likely N-dealkylation sites (tertiary alicyclic amines) is 1. The third-order valence-electron chi connectivity index (χ3n) is 8.27. The largest absolute Gasteiger partial charge is 0.348 e. The highest BCUT2D eigenvalue weighted by Crippen LogP contribution is 2.36. The monoisotopic (exact) mass is 548 g/mol. The van der Waals surface area contributed by atoms with E-state index in [0.717, 1.165) is 97.2 Å². The van der Waals surface area contributed by atoms with Gasteiger partial charge in [-0.1, -0.05) is 18.2 Å². The Morgan fingerprint density at radius 3 is 2.61 bits per heavy atom. The summed E-state index contributed by atoms with van der Waals surface area (Å²) in [6, 6.07) is 21.5. The van der Waals surface area contributed by atoms with Crippen molar-refractivity contribution in [1.82, 2.24) is 29.5 Å². The number of aromatic nitrogens is 5. The van der Waals surface area contributed by atoms with Gasteiger partial charge in [0.25, 0.3) is 0 Å². The van der Waals surface area contributed by atoms with Crippen molar-refractivity contribution in [3.8, 4) is 22.6 Å². The number of nitrogens with two attached hydrogens (primary N) is 1. The summed E-state index contributed by atoms with van der Waals surface area (Å²) in [7, 11) is 0. The van der Waals surface area contributed by atoms with Crippen LogP contribution in [0.25, 0.3) is 28.3 Å². The summed E-state index contributed by atoms with van der Waals surface area (Å²) >= 11 is 0. The fourth-order valence-corrected chi connectivity index (χ4v) is 6.10. The van der Waals surface area contributed by atoms with Crippen LogP contribution in [0.3, 0.4) is 0 Å². The number of hydrogen-bond donors (Lipinski definition) is 1. The van der Waals surface area contributed by atoms with E-state index in [4.69, 9.17) is 15.8 Å². The van der Waals surface area contributed by atoms with Crippen LogP contribution in [0.1, 0.15) is 43.0 Å². The van der Waals surface area contributed by atoms with Crippen LogP contribution in [0.15, 0.2) is 79.1 Å². The number of nitrogens with zero attached hydrogens (tertiary/aromatic N) is 7. The molecule has 1 unspecified atom stereocenters. The lowest BCUT2D eigenvalue weighted by Gasteiger charge is -2.29. The zero-order valence-corrected chi connectivity index (χ0v) is 22.9. The average molecular weight is 549 g/mol. The van der Waals surface area contributed by atoms with Gasteiger partial charge < -0.3 is 10.6 Å². The van der Waals surface area contributed by atoms with Gasteiger partial charge in [0.2, 0.25) is 0 Å². The number of piperidine rings is 1. The Kier molecular flexibility index (Phi) is 6.90. The molecule has 0 radical (unpaired) electrons. The molecule has 0 saturated carbocycles. The third-order valence-corrected chi connectivity index (χ3v) is 8.27. The second-order valence-corrected chi connectivity index (χ2v) is 11.1. The van der Waals surface area contributed by atoms with Gasteiger partial charge in [-0.3, -0.25) is 9.88 Å². The lowest BCUT2D eigenvalue weighted by molar-refractivity contribution is 0.203. The molecule has 0 spiro atoms. The van der Waals surface area contributed by atoms with Crippen molar-refractivity contribution in [2.24, 2.45) is 5.73 Å². The Hall–Kier alpha value is -4.21. The van der Waals surface area contributed by atoms with E-state index in [1.807, 2.05) is 59.4 Å². The maximum atomic E-state index is 14.0. The number of imidazole rings is 1. The van der Waals surface area contributed by atoms with Gasteiger partial charge in [0.05, 0.1) is 29.3 Å². The van der Waals surface area contributed by atoms with Crippen LogP contribution in [0, 0.1) is 5.82 Å². The highest BCUT2D eigenvalue weighted by Gasteiger charge is 2.28. The summed E-state index contributed by atoms with van der Waals surface area (Å²) in [6.45, 7) is 3.69. The van der Waals surface area contributed by atoms with Crippen LogP contribution < -0.4 is 10.6 Å². The Morgan fingerprint density at radius 1 is 0.878 bits per heavy atom. The van der Waals surface area contributed by atoms with E-state index in [0.29, 0.717) is 6.04 Å². The third kappa shape index (κ3) is 5.30. The molecule has 0 amide bonds. The van der Waals surface area contributed by atoms with Crippen LogP contribution in [0.4, 0.5) is 10.2 Å². The molecule has 2 saturated heterocycles. The Morgan fingerprint density at radius 2 is 1.73 bits per heavy atom. The lowest BCUT2D eigenvalue weighted by atomic mass is 10.0. The minimum atomic E-state index is -0.210. The van der Waals surface area contributed by atoms with Gasteiger partial charge >= 0.3 is 0 Å². The van der Waals surface area contributed by atoms with E-state index in [2.05, 4.69) is 25.8 Å². The van der Waals surface area contributed by atoms with Crippen LogP contribution in [0.5, 0.6) is 0 Å². The van der Waals surface area contributed by atoms with E-state index in [1.165, 1.54) is 6.07 Å². The number of benzene rings is 1. The molecule has 2 aliphatic rings. The highest BCUT2D eigenvalue weighted by molar-refractivity contribution is 5.66. The van der Waals surface area contributed by atoms with E-state index in [-0.39, 0.29) is 11.9 Å². The molecule has 2 N–H and O–H groups in total. The molecule has 8 nitrogen and oxygen atoms in total. The summed E-state index contributed by atoms with van der Waals surface area (Å²) in [5, 5.41) is 5.00. The Bertz CT molecular complexity index is 1680. The number of pyridine rings is 2. The molecule has 2 fully saturated rings. The molecule has 1 aromatic carbocycles. The molecule has 2 aliphatic heterocycles. The number of halogens is 1. The molecule has 208 valence electrons. The molecular formula is C32H33FN8. The first-order chi connectivity index (χ1) is 20.1. The Labute approximate surface area is 238 Å². The molecule has 6 heterocycles. The first kappa shape index (κ1) is 25.7. The van der Waals surface area contributed by atoms with Crippen molar-refractivity contribution in [1.29, 1.82) is 0 Å². The maximum absolute atomic E-state index is 14.0. The van der Waals surface area contributed by atoms with Gasteiger partial charge in [0.15, 0.2) is 5.65 Å². The van der Waals surface area contributed by atoms with E-state index in [9.17, 15) is 4.39 Å². The van der Waals surface area contributed by atoms with E-state index >= 15 is 0 Å². The lowest BCUT2D eigenvalue weighted by Crippen LogP contribution is -2.39. The van der Waals surface area contributed by atoms with Crippen molar-refractivity contribution < 1.29 is 4.39 Å². The van der Waals surface area contributed by atoms with Crippen molar-refractivity contribution in [2.45, 2.75) is 44.3 Å². The van der Waals surface area contributed by atoms with Gasteiger partial charge in [-0.25, -0.2) is 18.9 Å². The van der Waals surface area contributed by atoms with Gasteiger partial charge in [-0.15, -0.1) is 5.10 Å². The summed E-state index contributed by atoms with van der Waals surface area (Å²) in [4.78, 5) is 18.9. The van der Waals surface area contributed by atoms with Crippen molar-refractivity contribution >= 4 is 11.5 Å². The van der Waals surface area contributed by atoms with Gasteiger partial charge in [-0.2, -0.15) is 0 Å². The quantitative estimate of drug-likeness (QED) is 0.310. The molecular weight excluding hydrogens is 515 g/mol. The number of fused-ring (bicyclic) bond motifs is 1. The molecule has 0 bridgehead atoms. The van der Waals surface area contributed by atoms with E-state index in [1.54, 1.807) is 12.1 Å². The fourth-order valence-electron chi connectivity index (χ4n) is 6.10. The summed E-state index contributed by atoms with van der Waals surface area (Å²) in [5.41, 5.74) is 12.4. The molecule has 9 heteroatoms. The molecule has 0 aliphatic carbocycles. The molecule has 1 atom stereocenters.